The Morgan fingerprint density at radius 1 is 0.946 bits per heavy atom. The standard InChI is InChI=1S/C27H20ClN3O5S/c28-20-10-9-16(13-22(20)31-27(36)23-8-4-12-37-23)25(34)18-6-1-2-7-19(18)26(35)30-21(14-24(32)33)17-5-3-11-29-15-17/h1-13,15,21H,14H2,(H,30,35)(H,31,36)(H,32,33). The maximum atomic E-state index is 13.4. The highest BCUT2D eigenvalue weighted by molar-refractivity contribution is 7.12. The third-order valence-electron chi connectivity index (χ3n) is 5.41. The number of pyridine rings is 1. The molecule has 0 aliphatic rings. The van der Waals surface area contributed by atoms with Crippen molar-refractivity contribution in [2.75, 3.05) is 5.32 Å². The van der Waals surface area contributed by atoms with Gasteiger partial charge in [-0.1, -0.05) is 41.9 Å². The van der Waals surface area contributed by atoms with Crippen LogP contribution in [0.1, 0.15) is 54.0 Å². The van der Waals surface area contributed by atoms with Gasteiger partial charge in [0.25, 0.3) is 11.8 Å². The van der Waals surface area contributed by atoms with Crippen molar-refractivity contribution in [3.05, 3.63) is 117 Å². The van der Waals surface area contributed by atoms with E-state index in [0.29, 0.717) is 10.4 Å². The molecule has 37 heavy (non-hydrogen) atoms. The quantitative estimate of drug-likeness (QED) is 0.253. The van der Waals surface area contributed by atoms with Crippen molar-refractivity contribution in [2.45, 2.75) is 12.5 Å². The summed E-state index contributed by atoms with van der Waals surface area (Å²) in [5.41, 5.74) is 1.17. The van der Waals surface area contributed by atoms with Gasteiger partial charge in [-0.05, 0) is 47.3 Å². The molecule has 2 heterocycles. The van der Waals surface area contributed by atoms with Crippen molar-refractivity contribution in [1.29, 1.82) is 0 Å². The largest absolute Gasteiger partial charge is 0.481 e. The highest BCUT2D eigenvalue weighted by Crippen LogP contribution is 2.27. The first-order valence-corrected chi connectivity index (χ1v) is 12.3. The zero-order chi connectivity index (χ0) is 26.4. The molecule has 2 amide bonds. The topological polar surface area (TPSA) is 125 Å². The van der Waals surface area contributed by atoms with Crippen LogP contribution in [-0.4, -0.2) is 33.7 Å². The lowest BCUT2D eigenvalue weighted by molar-refractivity contribution is -0.137. The Bertz CT molecular complexity index is 1460. The van der Waals surface area contributed by atoms with Gasteiger partial charge in [-0.3, -0.25) is 24.2 Å². The Morgan fingerprint density at radius 2 is 1.73 bits per heavy atom. The molecule has 0 saturated heterocycles. The molecule has 4 rings (SSSR count). The van der Waals surface area contributed by atoms with Crippen molar-refractivity contribution in [1.82, 2.24) is 10.3 Å². The Morgan fingerprint density at radius 3 is 2.41 bits per heavy atom. The molecule has 1 atom stereocenters. The average molecular weight is 534 g/mol. The van der Waals surface area contributed by atoms with E-state index >= 15 is 0 Å². The van der Waals surface area contributed by atoms with E-state index in [-0.39, 0.29) is 39.7 Å². The first-order valence-electron chi connectivity index (χ1n) is 11.0. The van der Waals surface area contributed by atoms with Gasteiger partial charge in [-0.25, -0.2) is 0 Å². The Kier molecular flexibility index (Phi) is 8.07. The number of thiophene rings is 1. The lowest BCUT2D eigenvalue weighted by atomic mass is 9.96. The number of nitrogens with one attached hydrogen (secondary N) is 2. The molecule has 0 aliphatic carbocycles. The second kappa shape index (κ2) is 11.6. The molecule has 186 valence electrons. The summed E-state index contributed by atoms with van der Waals surface area (Å²) in [6, 6.07) is 16.5. The molecule has 1 unspecified atom stereocenters. The molecule has 10 heteroatoms. The summed E-state index contributed by atoms with van der Waals surface area (Å²) >= 11 is 7.52. The maximum absolute atomic E-state index is 13.4. The summed E-state index contributed by atoms with van der Waals surface area (Å²) < 4.78 is 0. The molecule has 0 bridgehead atoms. The van der Waals surface area contributed by atoms with Crippen molar-refractivity contribution < 1.29 is 24.3 Å². The van der Waals surface area contributed by atoms with Crippen molar-refractivity contribution >= 4 is 52.2 Å². The summed E-state index contributed by atoms with van der Waals surface area (Å²) in [5, 5.41) is 16.8. The Hall–Kier alpha value is -4.34. The van der Waals surface area contributed by atoms with Crippen LogP contribution < -0.4 is 10.6 Å². The fourth-order valence-corrected chi connectivity index (χ4v) is 4.42. The van der Waals surface area contributed by atoms with E-state index in [1.807, 2.05) is 0 Å². The minimum atomic E-state index is -1.10. The fourth-order valence-electron chi connectivity index (χ4n) is 3.63. The van der Waals surface area contributed by atoms with Crippen molar-refractivity contribution in [2.24, 2.45) is 0 Å². The number of carboxylic acids is 1. The number of carboxylic acid groups (broad SMARTS) is 1. The third-order valence-corrected chi connectivity index (χ3v) is 6.61. The second-order valence-corrected chi connectivity index (χ2v) is 9.27. The molecule has 3 N–H and O–H groups in total. The lowest BCUT2D eigenvalue weighted by Crippen LogP contribution is -2.31. The lowest BCUT2D eigenvalue weighted by Gasteiger charge is -2.18. The Balaban J connectivity index is 1.60. The van der Waals surface area contributed by atoms with E-state index in [9.17, 15) is 24.3 Å². The van der Waals surface area contributed by atoms with Crippen LogP contribution in [0.25, 0.3) is 0 Å². The smallest absolute Gasteiger partial charge is 0.305 e. The molecule has 0 aliphatic heterocycles. The van der Waals surface area contributed by atoms with Crippen LogP contribution in [-0.2, 0) is 4.79 Å². The number of amides is 2. The zero-order valence-electron chi connectivity index (χ0n) is 19.2. The van der Waals surface area contributed by atoms with Gasteiger partial charge in [-0.2, -0.15) is 0 Å². The molecule has 2 aromatic heterocycles. The number of ketones is 1. The van der Waals surface area contributed by atoms with Crippen molar-refractivity contribution in [3.8, 4) is 0 Å². The number of anilines is 1. The number of aromatic nitrogens is 1. The molecule has 0 fully saturated rings. The highest BCUT2D eigenvalue weighted by atomic mass is 35.5. The number of hydrogen-bond acceptors (Lipinski definition) is 6. The predicted molar refractivity (Wildman–Crippen MR) is 140 cm³/mol. The molecule has 0 radical (unpaired) electrons. The van der Waals surface area contributed by atoms with Gasteiger partial charge in [0.2, 0.25) is 0 Å². The summed E-state index contributed by atoms with van der Waals surface area (Å²) in [4.78, 5) is 55.0. The van der Waals surface area contributed by atoms with Crippen molar-refractivity contribution in [3.63, 3.8) is 0 Å². The summed E-state index contributed by atoms with van der Waals surface area (Å²) in [6.45, 7) is 0. The van der Waals surface area contributed by atoms with Crippen LogP contribution in [0.5, 0.6) is 0 Å². The van der Waals surface area contributed by atoms with Gasteiger partial charge in [0.05, 0.1) is 33.6 Å². The van der Waals surface area contributed by atoms with Crippen LogP contribution in [0.2, 0.25) is 5.02 Å². The van der Waals surface area contributed by atoms with Crippen LogP contribution in [0.4, 0.5) is 5.69 Å². The zero-order valence-corrected chi connectivity index (χ0v) is 20.8. The molecule has 4 aromatic rings. The second-order valence-electron chi connectivity index (χ2n) is 7.91. The average Bonchev–Trinajstić information content (AvgIpc) is 3.45. The normalized spacial score (nSPS) is 11.4. The first-order chi connectivity index (χ1) is 17.8. The SMILES string of the molecule is O=C(O)CC(NC(=O)c1ccccc1C(=O)c1ccc(Cl)c(NC(=O)c2cccs2)c1)c1cccnc1. The molecule has 0 saturated carbocycles. The number of nitrogens with zero attached hydrogens (tertiary/aromatic N) is 1. The van der Waals surface area contributed by atoms with Crippen LogP contribution in [0, 0.1) is 0 Å². The molecule has 2 aromatic carbocycles. The number of carbonyl (C=O) groups excluding carboxylic acids is 3. The predicted octanol–water partition coefficient (Wildman–Crippen LogP) is 5.23. The summed E-state index contributed by atoms with van der Waals surface area (Å²) in [5.74, 6) is -2.54. The fraction of sp³-hybridized carbons (Fsp3) is 0.0741. The minimum absolute atomic E-state index is 0.0749. The van der Waals surface area contributed by atoms with E-state index in [2.05, 4.69) is 15.6 Å². The molecular weight excluding hydrogens is 514 g/mol. The van der Waals surface area contributed by atoms with Gasteiger partial charge in [0.15, 0.2) is 5.78 Å². The Labute approximate surface area is 220 Å². The number of rotatable bonds is 9. The first kappa shape index (κ1) is 25.7. The molecule has 0 spiro atoms. The van der Waals surface area contributed by atoms with E-state index in [4.69, 9.17) is 11.6 Å². The van der Waals surface area contributed by atoms with E-state index in [1.165, 1.54) is 47.9 Å². The highest BCUT2D eigenvalue weighted by Gasteiger charge is 2.23. The van der Waals surface area contributed by atoms with Gasteiger partial charge in [0.1, 0.15) is 0 Å². The maximum Gasteiger partial charge on any atom is 0.305 e. The van der Waals surface area contributed by atoms with E-state index in [0.717, 1.165) is 0 Å². The summed E-state index contributed by atoms with van der Waals surface area (Å²) in [7, 11) is 0. The van der Waals surface area contributed by atoms with Gasteiger partial charge in [-0.15, -0.1) is 11.3 Å². The monoisotopic (exact) mass is 533 g/mol. The number of hydrogen-bond donors (Lipinski definition) is 3. The molecule has 8 nitrogen and oxygen atoms in total. The number of halogens is 1. The number of carbonyl (C=O) groups is 4. The van der Waals surface area contributed by atoms with E-state index in [1.54, 1.807) is 48.0 Å². The van der Waals surface area contributed by atoms with Gasteiger partial charge >= 0.3 is 5.97 Å². The van der Waals surface area contributed by atoms with E-state index < -0.39 is 23.7 Å². The summed E-state index contributed by atoms with van der Waals surface area (Å²) in [6.07, 6.45) is 2.66. The van der Waals surface area contributed by atoms with Crippen LogP contribution in [0.15, 0.2) is 84.5 Å². The third kappa shape index (κ3) is 6.27. The van der Waals surface area contributed by atoms with Crippen LogP contribution >= 0.6 is 22.9 Å². The number of aliphatic carboxylic acids is 1. The van der Waals surface area contributed by atoms with Gasteiger partial charge in [0, 0.05) is 23.5 Å². The van der Waals surface area contributed by atoms with Crippen LogP contribution in [0.3, 0.4) is 0 Å². The minimum Gasteiger partial charge on any atom is -0.481 e. The number of benzene rings is 2. The van der Waals surface area contributed by atoms with Gasteiger partial charge < -0.3 is 15.7 Å². The molecular formula is C27H20ClN3O5S.